The Labute approximate surface area is 149 Å². The molecule has 1 N–H and O–H groups in total. The minimum absolute atomic E-state index is 0.0890. The maximum absolute atomic E-state index is 12.1. The van der Waals surface area contributed by atoms with Crippen LogP contribution in [-0.4, -0.2) is 38.4 Å². The quantitative estimate of drug-likeness (QED) is 0.461. The number of nitrogens with one attached hydrogen (secondary N) is 1. The molecule has 9 heteroatoms. The predicted molar refractivity (Wildman–Crippen MR) is 94.3 cm³/mol. The molecule has 0 saturated carbocycles. The van der Waals surface area contributed by atoms with Gasteiger partial charge < -0.3 is 14.2 Å². The van der Waals surface area contributed by atoms with Gasteiger partial charge in [-0.15, -0.1) is 0 Å². The molecular formula is C17H17N3O6. The van der Waals surface area contributed by atoms with Crippen LogP contribution in [-0.2, 0) is 0 Å². The molecule has 9 nitrogen and oxygen atoms in total. The number of nitro benzene ring substituents is 1. The number of nitro groups is 1. The highest BCUT2D eigenvalue weighted by molar-refractivity contribution is 5.98. The Bertz CT molecular complexity index is 850. The van der Waals surface area contributed by atoms with E-state index < -0.39 is 10.8 Å². The molecule has 0 fully saturated rings. The Morgan fingerprint density at radius 3 is 2.38 bits per heavy atom. The smallest absolute Gasteiger partial charge is 0.282 e. The Morgan fingerprint density at radius 2 is 1.77 bits per heavy atom. The number of amides is 1. The van der Waals surface area contributed by atoms with Gasteiger partial charge in [-0.1, -0.05) is 12.1 Å². The zero-order valence-corrected chi connectivity index (χ0v) is 14.4. The minimum atomic E-state index is -0.701. The first kappa shape index (κ1) is 18.7. The molecule has 2 aromatic carbocycles. The first-order valence-corrected chi connectivity index (χ1v) is 7.39. The maximum atomic E-state index is 12.1. The van der Waals surface area contributed by atoms with Crippen LogP contribution in [0.3, 0.4) is 0 Å². The fraction of sp³-hybridized carbons (Fsp3) is 0.176. The molecule has 0 aliphatic rings. The molecule has 0 aliphatic carbocycles. The van der Waals surface area contributed by atoms with Crippen molar-refractivity contribution < 1.29 is 23.9 Å². The first-order chi connectivity index (χ1) is 12.5. The van der Waals surface area contributed by atoms with Crippen LogP contribution in [0.15, 0.2) is 41.5 Å². The third-order valence-electron chi connectivity index (χ3n) is 3.45. The molecule has 0 aliphatic heterocycles. The van der Waals surface area contributed by atoms with Crippen molar-refractivity contribution in [2.75, 3.05) is 21.3 Å². The number of carbonyl (C=O) groups excluding carboxylic acids is 1. The Kier molecular flexibility index (Phi) is 6.10. The van der Waals surface area contributed by atoms with Crippen molar-refractivity contribution >= 4 is 17.8 Å². The molecule has 136 valence electrons. The molecule has 2 aromatic rings. The van der Waals surface area contributed by atoms with E-state index in [-0.39, 0.29) is 11.3 Å². The Morgan fingerprint density at radius 1 is 1.08 bits per heavy atom. The van der Waals surface area contributed by atoms with E-state index >= 15 is 0 Å². The Hall–Kier alpha value is -3.62. The van der Waals surface area contributed by atoms with E-state index in [2.05, 4.69) is 10.5 Å². The fourth-order valence-electron chi connectivity index (χ4n) is 2.27. The van der Waals surface area contributed by atoms with Crippen LogP contribution in [0.1, 0.15) is 15.9 Å². The van der Waals surface area contributed by atoms with Gasteiger partial charge in [0.15, 0.2) is 11.5 Å². The largest absolute Gasteiger partial charge is 0.493 e. The molecule has 26 heavy (non-hydrogen) atoms. The average Bonchev–Trinajstić information content (AvgIpc) is 2.66. The highest BCUT2D eigenvalue weighted by Crippen LogP contribution is 2.38. The number of methoxy groups -OCH3 is 3. The zero-order valence-electron chi connectivity index (χ0n) is 14.4. The molecule has 0 radical (unpaired) electrons. The summed E-state index contributed by atoms with van der Waals surface area (Å²) in [4.78, 5) is 22.5. The lowest BCUT2D eigenvalue weighted by Crippen LogP contribution is -2.19. The van der Waals surface area contributed by atoms with Crippen molar-refractivity contribution in [3.8, 4) is 17.2 Å². The van der Waals surface area contributed by atoms with Gasteiger partial charge in [0.2, 0.25) is 5.75 Å². The van der Waals surface area contributed by atoms with Gasteiger partial charge in [0, 0.05) is 11.6 Å². The molecule has 0 aromatic heterocycles. The van der Waals surface area contributed by atoms with E-state index in [4.69, 9.17) is 14.2 Å². The molecule has 0 spiro atoms. The second-order valence-electron chi connectivity index (χ2n) is 4.90. The van der Waals surface area contributed by atoms with Gasteiger partial charge in [-0.25, -0.2) is 5.43 Å². The Balaban J connectivity index is 2.24. The van der Waals surface area contributed by atoms with Crippen LogP contribution < -0.4 is 19.6 Å². The summed E-state index contributed by atoms with van der Waals surface area (Å²) >= 11 is 0. The minimum Gasteiger partial charge on any atom is -0.493 e. The topological polar surface area (TPSA) is 112 Å². The molecule has 0 atom stereocenters. The molecular weight excluding hydrogens is 342 g/mol. The van der Waals surface area contributed by atoms with E-state index in [1.54, 1.807) is 12.1 Å². The summed E-state index contributed by atoms with van der Waals surface area (Å²) in [5.41, 5.74) is 2.39. The highest BCUT2D eigenvalue weighted by Gasteiger charge is 2.19. The molecule has 0 saturated heterocycles. The number of hydrogen-bond donors (Lipinski definition) is 1. The van der Waals surface area contributed by atoms with E-state index in [0.717, 1.165) is 0 Å². The van der Waals surface area contributed by atoms with Gasteiger partial charge in [0.25, 0.3) is 11.6 Å². The van der Waals surface area contributed by atoms with Crippen molar-refractivity contribution in [1.29, 1.82) is 0 Å². The van der Waals surface area contributed by atoms with Gasteiger partial charge in [0.1, 0.15) is 5.56 Å². The van der Waals surface area contributed by atoms with Crippen LogP contribution >= 0.6 is 0 Å². The summed E-state index contributed by atoms with van der Waals surface area (Å²) in [5.74, 6) is 0.526. The molecule has 0 bridgehead atoms. The summed E-state index contributed by atoms with van der Waals surface area (Å²) in [6.07, 6.45) is 1.34. The van der Waals surface area contributed by atoms with Crippen LogP contribution in [0.25, 0.3) is 0 Å². The van der Waals surface area contributed by atoms with Crippen LogP contribution in [0, 0.1) is 10.1 Å². The lowest BCUT2D eigenvalue weighted by molar-refractivity contribution is -0.385. The molecule has 1 amide bonds. The second-order valence-corrected chi connectivity index (χ2v) is 4.90. The molecule has 0 unspecified atom stereocenters. The number of nitrogens with zero attached hydrogens (tertiary/aromatic N) is 2. The van der Waals surface area contributed by atoms with E-state index in [0.29, 0.717) is 22.8 Å². The third-order valence-corrected chi connectivity index (χ3v) is 3.45. The average molecular weight is 359 g/mol. The van der Waals surface area contributed by atoms with Crippen LogP contribution in [0.5, 0.6) is 17.2 Å². The number of ether oxygens (including phenoxy) is 3. The molecule has 2 rings (SSSR count). The summed E-state index contributed by atoms with van der Waals surface area (Å²) in [6, 6.07) is 8.93. The third kappa shape index (κ3) is 3.89. The number of hydrazone groups is 1. The van der Waals surface area contributed by atoms with E-state index in [9.17, 15) is 14.9 Å². The van der Waals surface area contributed by atoms with E-state index in [1.807, 2.05) is 0 Å². The monoisotopic (exact) mass is 359 g/mol. The number of rotatable bonds is 7. The van der Waals surface area contributed by atoms with Crippen molar-refractivity contribution in [3.63, 3.8) is 0 Å². The van der Waals surface area contributed by atoms with Gasteiger partial charge in [-0.3, -0.25) is 14.9 Å². The number of hydrogen-bond acceptors (Lipinski definition) is 7. The van der Waals surface area contributed by atoms with E-state index in [1.165, 1.54) is 51.8 Å². The lowest BCUT2D eigenvalue weighted by Gasteiger charge is -2.13. The number of para-hydroxylation sites is 1. The summed E-state index contributed by atoms with van der Waals surface area (Å²) in [7, 11) is 4.43. The van der Waals surface area contributed by atoms with Gasteiger partial charge in [0.05, 0.1) is 32.5 Å². The second kappa shape index (κ2) is 8.47. The SMILES string of the molecule is COc1ccc(C=NNC(=O)c2ccccc2[N+](=O)[O-])c(OC)c1OC. The number of benzene rings is 2. The van der Waals surface area contributed by atoms with Crippen molar-refractivity contribution in [3.05, 3.63) is 57.6 Å². The zero-order chi connectivity index (χ0) is 19.1. The summed E-state index contributed by atoms with van der Waals surface area (Å²) in [6.45, 7) is 0. The maximum Gasteiger partial charge on any atom is 0.282 e. The normalized spacial score (nSPS) is 10.4. The standard InChI is InChI=1S/C17H17N3O6/c1-24-14-9-8-11(15(25-2)16(14)26-3)10-18-19-17(21)12-6-4-5-7-13(12)20(22)23/h4-10H,1-3H3,(H,19,21). The highest BCUT2D eigenvalue weighted by atomic mass is 16.6. The summed E-state index contributed by atoms with van der Waals surface area (Å²) < 4.78 is 15.8. The lowest BCUT2D eigenvalue weighted by atomic mass is 10.1. The van der Waals surface area contributed by atoms with Crippen molar-refractivity contribution in [1.82, 2.24) is 5.43 Å². The van der Waals surface area contributed by atoms with Crippen molar-refractivity contribution in [2.24, 2.45) is 5.10 Å². The van der Waals surface area contributed by atoms with Gasteiger partial charge in [-0.2, -0.15) is 5.10 Å². The molecule has 0 heterocycles. The fourth-order valence-corrected chi connectivity index (χ4v) is 2.27. The van der Waals surface area contributed by atoms with Gasteiger partial charge >= 0.3 is 0 Å². The van der Waals surface area contributed by atoms with Crippen LogP contribution in [0.2, 0.25) is 0 Å². The predicted octanol–water partition coefficient (Wildman–Crippen LogP) is 2.38. The summed E-state index contributed by atoms with van der Waals surface area (Å²) in [5, 5.41) is 14.8. The first-order valence-electron chi connectivity index (χ1n) is 7.39. The van der Waals surface area contributed by atoms with Gasteiger partial charge in [-0.05, 0) is 18.2 Å². The van der Waals surface area contributed by atoms with Crippen LogP contribution in [0.4, 0.5) is 5.69 Å². The van der Waals surface area contributed by atoms with Crippen molar-refractivity contribution in [2.45, 2.75) is 0 Å². The number of carbonyl (C=O) groups is 1.